The Hall–Kier alpha value is -2.64. The van der Waals surface area contributed by atoms with Gasteiger partial charge in [0.15, 0.2) is 6.10 Å². The van der Waals surface area contributed by atoms with Crippen molar-refractivity contribution in [3.05, 3.63) is 30.1 Å². The van der Waals surface area contributed by atoms with Gasteiger partial charge in [-0.15, -0.1) is 0 Å². The number of amides is 3. The Kier molecular flexibility index (Phi) is 8.24. The van der Waals surface area contributed by atoms with Crippen LogP contribution in [0.25, 0.3) is 0 Å². The van der Waals surface area contributed by atoms with E-state index in [1.807, 2.05) is 0 Å². The highest BCUT2D eigenvalue weighted by Crippen LogP contribution is 2.10. The zero-order valence-corrected chi connectivity index (χ0v) is 13.5. The topological polar surface area (TPSA) is 111 Å². The average Bonchev–Trinajstić information content (AvgIpc) is 2.52. The number of rotatable bonds is 9. The molecule has 1 atom stereocenters. The normalized spacial score (nSPS) is 11.4. The van der Waals surface area contributed by atoms with Crippen LogP contribution < -0.4 is 16.4 Å². The standard InChI is InChI=1S/C16H22FN3O4/c1-11(15(22)20-13-8-6-12(17)7-9-13)24-14(21)5-3-2-4-10-19-16(18)23/h6-9,11H,2-5,10H2,1H3,(H,20,22)(H3,18,19,23)/t11-/m0/s1. The number of unbranched alkanes of at least 4 members (excludes halogenated alkanes) is 2. The molecule has 3 amide bonds. The smallest absolute Gasteiger partial charge is 0.312 e. The molecular formula is C16H22FN3O4. The minimum absolute atomic E-state index is 0.185. The molecule has 0 heterocycles. The molecule has 0 aliphatic carbocycles. The lowest BCUT2D eigenvalue weighted by atomic mass is 10.2. The number of hydrogen-bond acceptors (Lipinski definition) is 4. The maximum atomic E-state index is 12.8. The van der Waals surface area contributed by atoms with E-state index in [-0.39, 0.29) is 6.42 Å². The van der Waals surface area contributed by atoms with Crippen molar-refractivity contribution in [2.24, 2.45) is 5.73 Å². The minimum Gasteiger partial charge on any atom is -0.453 e. The highest BCUT2D eigenvalue weighted by atomic mass is 19.1. The van der Waals surface area contributed by atoms with Gasteiger partial charge in [-0.2, -0.15) is 0 Å². The Morgan fingerprint density at radius 1 is 1.17 bits per heavy atom. The maximum Gasteiger partial charge on any atom is 0.312 e. The summed E-state index contributed by atoms with van der Waals surface area (Å²) >= 11 is 0. The Balaban J connectivity index is 2.21. The molecule has 1 aromatic rings. The zero-order chi connectivity index (χ0) is 17.9. The van der Waals surface area contributed by atoms with Gasteiger partial charge in [-0.05, 0) is 44.0 Å². The summed E-state index contributed by atoms with van der Waals surface area (Å²) in [6.45, 7) is 1.92. The summed E-state index contributed by atoms with van der Waals surface area (Å²) in [5.74, 6) is -1.36. The molecule has 1 aromatic carbocycles. The molecule has 0 saturated carbocycles. The van der Waals surface area contributed by atoms with E-state index in [1.54, 1.807) is 0 Å². The third-order valence-corrected chi connectivity index (χ3v) is 3.15. The number of primary amides is 1. The van der Waals surface area contributed by atoms with E-state index in [2.05, 4.69) is 10.6 Å². The van der Waals surface area contributed by atoms with Gasteiger partial charge in [-0.25, -0.2) is 9.18 Å². The average molecular weight is 339 g/mol. The molecule has 24 heavy (non-hydrogen) atoms. The Labute approximate surface area is 139 Å². The molecular weight excluding hydrogens is 317 g/mol. The molecule has 0 saturated heterocycles. The molecule has 7 nitrogen and oxygen atoms in total. The van der Waals surface area contributed by atoms with Crippen LogP contribution >= 0.6 is 0 Å². The van der Waals surface area contributed by atoms with Crippen LogP contribution in [0.15, 0.2) is 24.3 Å². The van der Waals surface area contributed by atoms with Gasteiger partial charge in [0.2, 0.25) is 0 Å². The monoisotopic (exact) mass is 339 g/mol. The summed E-state index contributed by atoms with van der Waals surface area (Å²) in [5.41, 5.74) is 5.34. The van der Waals surface area contributed by atoms with E-state index in [0.29, 0.717) is 25.1 Å². The number of nitrogens with one attached hydrogen (secondary N) is 2. The number of esters is 1. The third kappa shape index (κ3) is 8.11. The number of ether oxygens (including phenoxy) is 1. The third-order valence-electron chi connectivity index (χ3n) is 3.15. The molecule has 132 valence electrons. The molecule has 8 heteroatoms. The number of nitrogens with two attached hydrogens (primary N) is 1. The Morgan fingerprint density at radius 2 is 1.83 bits per heavy atom. The maximum absolute atomic E-state index is 12.8. The van der Waals surface area contributed by atoms with Crippen LogP contribution in [0.2, 0.25) is 0 Å². The summed E-state index contributed by atoms with van der Waals surface area (Å²) in [6.07, 6.45) is 1.26. The lowest BCUT2D eigenvalue weighted by Gasteiger charge is -2.13. The first-order chi connectivity index (χ1) is 11.4. The van der Waals surface area contributed by atoms with Crippen molar-refractivity contribution in [3.63, 3.8) is 0 Å². The first-order valence-electron chi connectivity index (χ1n) is 7.67. The highest BCUT2D eigenvalue weighted by molar-refractivity contribution is 5.95. The van der Waals surface area contributed by atoms with Gasteiger partial charge in [0.05, 0.1) is 0 Å². The zero-order valence-electron chi connectivity index (χ0n) is 13.5. The van der Waals surface area contributed by atoms with Crippen molar-refractivity contribution in [2.45, 2.75) is 38.7 Å². The Bertz CT molecular complexity index is 563. The van der Waals surface area contributed by atoms with Crippen molar-refractivity contribution < 1.29 is 23.5 Å². The second-order valence-corrected chi connectivity index (χ2v) is 5.23. The molecule has 0 fully saturated rings. The number of benzene rings is 1. The minimum atomic E-state index is -0.945. The van der Waals surface area contributed by atoms with E-state index in [4.69, 9.17) is 10.5 Å². The molecule has 0 unspecified atom stereocenters. The van der Waals surface area contributed by atoms with Crippen LogP contribution in [0.1, 0.15) is 32.6 Å². The number of carbonyl (C=O) groups is 3. The van der Waals surface area contributed by atoms with Gasteiger partial charge < -0.3 is 21.1 Å². The van der Waals surface area contributed by atoms with Crippen LogP contribution in [-0.2, 0) is 14.3 Å². The fourth-order valence-corrected chi connectivity index (χ4v) is 1.87. The second kappa shape index (κ2) is 10.2. The molecule has 4 N–H and O–H groups in total. The molecule has 0 radical (unpaired) electrons. The van der Waals surface area contributed by atoms with Crippen molar-refractivity contribution in [3.8, 4) is 0 Å². The summed E-state index contributed by atoms with van der Waals surface area (Å²) in [4.78, 5) is 34.0. The fraction of sp³-hybridized carbons (Fsp3) is 0.438. The van der Waals surface area contributed by atoms with E-state index >= 15 is 0 Å². The number of hydrogen-bond donors (Lipinski definition) is 3. The van der Waals surface area contributed by atoms with Gasteiger partial charge >= 0.3 is 12.0 Å². The molecule has 1 rings (SSSR count). The SMILES string of the molecule is C[C@H](OC(=O)CCCCCNC(N)=O)C(=O)Nc1ccc(F)cc1. The predicted octanol–water partition coefficient (Wildman–Crippen LogP) is 1.92. The van der Waals surface area contributed by atoms with Crippen molar-refractivity contribution in [1.82, 2.24) is 5.32 Å². The molecule has 0 bridgehead atoms. The van der Waals surface area contributed by atoms with Crippen LogP contribution in [0.3, 0.4) is 0 Å². The molecule has 0 aliphatic heterocycles. The van der Waals surface area contributed by atoms with E-state index in [9.17, 15) is 18.8 Å². The second-order valence-electron chi connectivity index (χ2n) is 5.23. The number of halogens is 1. The van der Waals surface area contributed by atoms with Gasteiger partial charge in [-0.1, -0.05) is 6.42 Å². The van der Waals surface area contributed by atoms with Crippen LogP contribution in [-0.4, -0.2) is 30.6 Å². The van der Waals surface area contributed by atoms with Crippen LogP contribution in [0.5, 0.6) is 0 Å². The number of carbonyl (C=O) groups excluding carboxylic acids is 3. The fourth-order valence-electron chi connectivity index (χ4n) is 1.87. The summed E-state index contributed by atoms with van der Waals surface area (Å²) in [5, 5.41) is 4.99. The molecule has 0 aliphatic rings. The van der Waals surface area contributed by atoms with Gasteiger partial charge in [0.1, 0.15) is 5.82 Å². The Morgan fingerprint density at radius 3 is 2.46 bits per heavy atom. The van der Waals surface area contributed by atoms with Gasteiger partial charge in [0.25, 0.3) is 5.91 Å². The largest absolute Gasteiger partial charge is 0.453 e. The van der Waals surface area contributed by atoms with E-state index < -0.39 is 29.8 Å². The first-order valence-corrected chi connectivity index (χ1v) is 7.67. The quantitative estimate of drug-likeness (QED) is 0.471. The predicted molar refractivity (Wildman–Crippen MR) is 86.6 cm³/mol. The summed E-state index contributed by atoms with van der Waals surface area (Å²) in [6, 6.07) is 4.71. The molecule has 0 aromatic heterocycles. The van der Waals surface area contributed by atoms with Crippen molar-refractivity contribution >= 4 is 23.6 Å². The number of urea groups is 1. The van der Waals surface area contributed by atoms with Crippen LogP contribution in [0, 0.1) is 5.82 Å². The highest BCUT2D eigenvalue weighted by Gasteiger charge is 2.17. The van der Waals surface area contributed by atoms with Gasteiger partial charge in [-0.3, -0.25) is 9.59 Å². The summed E-state index contributed by atoms with van der Waals surface area (Å²) in [7, 11) is 0. The van der Waals surface area contributed by atoms with E-state index in [0.717, 1.165) is 6.42 Å². The van der Waals surface area contributed by atoms with Crippen molar-refractivity contribution in [1.29, 1.82) is 0 Å². The van der Waals surface area contributed by atoms with Crippen LogP contribution in [0.4, 0.5) is 14.9 Å². The van der Waals surface area contributed by atoms with Crippen molar-refractivity contribution in [2.75, 3.05) is 11.9 Å². The lowest BCUT2D eigenvalue weighted by molar-refractivity contribution is -0.153. The van der Waals surface area contributed by atoms with Gasteiger partial charge in [0, 0.05) is 18.7 Å². The lowest BCUT2D eigenvalue weighted by Crippen LogP contribution is -2.30. The molecule has 0 spiro atoms. The first kappa shape index (κ1) is 19.4. The number of anilines is 1. The van der Waals surface area contributed by atoms with E-state index in [1.165, 1.54) is 31.2 Å². The summed E-state index contributed by atoms with van der Waals surface area (Å²) < 4.78 is 17.8.